The van der Waals surface area contributed by atoms with Crippen LogP contribution in [0.3, 0.4) is 0 Å². The number of halogens is 2. The molecule has 0 saturated carbocycles. The summed E-state index contributed by atoms with van der Waals surface area (Å²) in [6.45, 7) is 20.1. The van der Waals surface area contributed by atoms with Crippen molar-refractivity contribution in [2.24, 2.45) is 5.92 Å². The first kappa shape index (κ1) is 41.1. The summed E-state index contributed by atoms with van der Waals surface area (Å²) in [4.78, 5) is 14.0. The lowest BCUT2D eigenvalue weighted by atomic mass is 10.0. The van der Waals surface area contributed by atoms with E-state index in [1.807, 2.05) is 31.2 Å². The smallest absolute Gasteiger partial charge is 0.410 e. The molecule has 0 fully saturated rings. The number of carbonyl (C=O) groups excluding carboxylic acids is 1. The molecule has 0 aromatic heterocycles. The largest absolute Gasteiger partial charge is 0.497 e. The van der Waals surface area contributed by atoms with Crippen molar-refractivity contribution in [3.63, 3.8) is 0 Å². The number of sulfonamides is 1. The molecule has 0 unspecified atom stereocenters. The van der Waals surface area contributed by atoms with Gasteiger partial charge in [-0.2, -0.15) is 4.31 Å². The minimum Gasteiger partial charge on any atom is -0.497 e. The van der Waals surface area contributed by atoms with E-state index >= 15 is 4.39 Å². The van der Waals surface area contributed by atoms with Crippen molar-refractivity contribution < 1.29 is 36.2 Å². The predicted octanol–water partition coefficient (Wildman–Crippen LogP) is 8.09. The third-order valence-electron chi connectivity index (χ3n) is 8.27. The highest BCUT2D eigenvalue weighted by molar-refractivity contribution is 9.10. The van der Waals surface area contributed by atoms with E-state index in [1.165, 1.54) is 21.3 Å². The van der Waals surface area contributed by atoms with Gasteiger partial charge in [0.05, 0.1) is 26.4 Å². The Hall–Kier alpha value is -2.03. The molecular weight excluding hydrogens is 707 g/mol. The highest BCUT2D eigenvalue weighted by Crippen LogP contribution is 2.38. The molecule has 266 valence electrons. The van der Waals surface area contributed by atoms with E-state index in [-0.39, 0.29) is 31.3 Å². The predicted molar refractivity (Wildman–Crippen MR) is 190 cm³/mol. The first-order chi connectivity index (χ1) is 21.5. The minimum atomic E-state index is -4.33. The van der Waals surface area contributed by atoms with E-state index in [1.54, 1.807) is 41.9 Å². The van der Waals surface area contributed by atoms with Crippen molar-refractivity contribution in [2.45, 2.75) is 103 Å². The number of hydrogen-bond donors (Lipinski definition) is 0. The molecular formula is C34H54BrFN2O7SSi. The highest BCUT2D eigenvalue weighted by Gasteiger charge is 2.42. The number of nitrogens with zero attached hydrogens (tertiary/aromatic N) is 2. The quantitative estimate of drug-likeness (QED) is 0.170. The first-order valence-electron chi connectivity index (χ1n) is 15.8. The van der Waals surface area contributed by atoms with Gasteiger partial charge < -0.3 is 23.5 Å². The van der Waals surface area contributed by atoms with Crippen molar-refractivity contribution in [1.29, 1.82) is 0 Å². The van der Waals surface area contributed by atoms with Gasteiger partial charge in [-0.05, 0) is 87.6 Å². The van der Waals surface area contributed by atoms with Crippen LogP contribution in [-0.4, -0.2) is 83.6 Å². The third kappa shape index (κ3) is 12.1. The average molecular weight is 762 g/mol. The Morgan fingerprint density at radius 3 is 2.11 bits per heavy atom. The molecule has 0 heterocycles. The first-order valence-corrected chi connectivity index (χ1v) is 20.9. The van der Waals surface area contributed by atoms with Gasteiger partial charge in [0, 0.05) is 30.7 Å². The number of benzene rings is 2. The number of methoxy groups -OCH3 is 1. The van der Waals surface area contributed by atoms with E-state index in [0.29, 0.717) is 4.47 Å². The molecule has 13 heteroatoms. The van der Waals surface area contributed by atoms with Gasteiger partial charge >= 0.3 is 6.09 Å². The molecule has 2 aromatic carbocycles. The summed E-state index contributed by atoms with van der Waals surface area (Å²) < 4.78 is 68.9. The van der Waals surface area contributed by atoms with Gasteiger partial charge in [0.1, 0.15) is 22.1 Å². The molecule has 9 nitrogen and oxygen atoms in total. The molecule has 0 aliphatic carbocycles. The fourth-order valence-electron chi connectivity index (χ4n) is 4.45. The number of rotatable bonds is 15. The van der Waals surface area contributed by atoms with Gasteiger partial charge in [-0.3, -0.25) is 0 Å². The Kier molecular flexibility index (Phi) is 14.5. The van der Waals surface area contributed by atoms with Gasteiger partial charge in [-0.25, -0.2) is 17.6 Å². The van der Waals surface area contributed by atoms with Crippen molar-refractivity contribution >= 4 is 40.4 Å². The SMILES string of the molecule is COc1ccc(COC[C@@H](C)N(C[C@H](C)[C@@H](CN(C)C(=O)OC(C)(C)C)O[Si](C)(C)C(C)(C)C)S(=O)(=O)c2ccc(Br)cc2F)cc1. The van der Waals surface area contributed by atoms with Crippen LogP contribution in [0.25, 0.3) is 0 Å². The lowest BCUT2D eigenvalue weighted by molar-refractivity contribution is 0.0138. The summed E-state index contributed by atoms with van der Waals surface area (Å²) in [5, 5.41) is -0.148. The second kappa shape index (κ2) is 16.6. The second-order valence-electron chi connectivity index (χ2n) is 14.6. The standard InChI is InChI=1S/C34H54BrFN2O7SSi/c1-24(30(45-47(11,12)34(6,7)8)21-37(9)32(39)44-33(3,4)5)20-38(46(40,41)31-18-15-27(35)19-29(31)36)25(2)22-43-23-26-13-16-28(42-10)17-14-26/h13-19,24-25,30H,20-23H2,1-12H3/t24-,25+,30+/m0/s1. The number of carbonyl (C=O) groups is 1. The Balaban J connectivity index is 2.45. The Labute approximate surface area is 291 Å². The minimum absolute atomic E-state index is 0.00759. The number of hydrogen-bond acceptors (Lipinski definition) is 7. The van der Waals surface area contributed by atoms with E-state index in [9.17, 15) is 13.2 Å². The Bertz CT molecular complexity index is 1430. The van der Waals surface area contributed by atoms with Gasteiger partial charge in [0.2, 0.25) is 10.0 Å². The van der Waals surface area contributed by atoms with Gasteiger partial charge in [0.15, 0.2) is 8.32 Å². The fraction of sp³-hybridized carbons (Fsp3) is 0.618. The van der Waals surface area contributed by atoms with Gasteiger partial charge in [0.25, 0.3) is 0 Å². The normalized spacial score (nSPS) is 14.9. The van der Waals surface area contributed by atoms with Crippen molar-refractivity contribution in [3.05, 3.63) is 58.3 Å². The number of ether oxygens (including phenoxy) is 3. The molecule has 2 rings (SSSR count). The lowest BCUT2D eigenvalue weighted by Crippen LogP contribution is -2.52. The maximum Gasteiger partial charge on any atom is 0.410 e. The lowest BCUT2D eigenvalue weighted by Gasteiger charge is -2.43. The van der Waals surface area contributed by atoms with Crippen LogP contribution in [0.1, 0.15) is 61.0 Å². The molecule has 0 radical (unpaired) electrons. The summed E-state index contributed by atoms with van der Waals surface area (Å²) in [7, 11) is -3.49. The topological polar surface area (TPSA) is 94.6 Å². The Morgan fingerprint density at radius 1 is 1.00 bits per heavy atom. The molecule has 2 aromatic rings. The van der Waals surface area contributed by atoms with Crippen LogP contribution in [0, 0.1) is 11.7 Å². The van der Waals surface area contributed by atoms with Crippen LogP contribution in [0.15, 0.2) is 51.8 Å². The van der Waals surface area contributed by atoms with E-state index < -0.39 is 58.8 Å². The molecule has 0 aliphatic rings. The summed E-state index contributed by atoms with van der Waals surface area (Å²) in [5.74, 6) is -0.551. The van der Waals surface area contributed by atoms with E-state index in [4.69, 9.17) is 18.6 Å². The highest BCUT2D eigenvalue weighted by atomic mass is 79.9. The van der Waals surface area contributed by atoms with Crippen molar-refractivity contribution in [1.82, 2.24) is 9.21 Å². The van der Waals surface area contributed by atoms with E-state index in [0.717, 1.165) is 17.4 Å². The molecule has 0 bridgehead atoms. The summed E-state index contributed by atoms with van der Waals surface area (Å²) in [5.41, 5.74) is 0.209. The maximum atomic E-state index is 15.2. The second-order valence-corrected chi connectivity index (χ2v) is 22.1. The zero-order chi connectivity index (χ0) is 36.0. The summed E-state index contributed by atoms with van der Waals surface area (Å²) in [6, 6.07) is 10.6. The van der Waals surface area contributed by atoms with E-state index in [2.05, 4.69) is 49.8 Å². The maximum absolute atomic E-state index is 15.2. The number of amides is 1. The Morgan fingerprint density at radius 2 is 1.60 bits per heavy atom. The zero-order valence-electron chi connectivity index (χ0n) is 30.0. The molecule has 0 N–H and O–H groups in total. The van der Waals surface area contributed by atoms with Crippen LogP contribution in [0.2, 0.25) is 18.1 Å². The van der Waals surface area contributed by atoms with Crippen LogP contribution in [0.4, 0.5) is 9.18 Å². The monoisotopic (exact) mass is 760 g/mol. The molecule has 3 atom stereocenters. The molecule has 1 amide bonds. The molecule has 47 heavy (non-hydrogen) atoms. The van der Waals surface area contributed by atoms with Crippen LogP contribution in [-0.2, 0) is 30.5 Å². The van der Waals surface area contributed by atoms with Crippen molar-refractivity contribution in [2.75, 3.05) is 33.9 Å². The van der Waals surface area contributed by atoms with Crippen LogP contribution >= 0.6 is 15.9 Å². The summed E-state index contributed by atoms with van der Waals surface area (Å²) >= 11 is 3.22. The third-order valence-corrected chi connectivity index (χ3v) is 15.3. The molecule has 0 aliphatic heterocycles. The number of likely N-dealkylation sites (N-methyl/N-ethyl adjacent to an activating group) is 1. The zero-order valence-corrected chi connectivity index (χ0v) is 33.4. The van der Waals surface area contributed by atoms with Crippen LogP contribution < -0.4 is 4.74 Å². The van der Waals surface area contributed by atoms with Crippen LogP contribution in [0.5, 0.6) is 5.75 Å². The van der Waals surface area contributed by atoms with Gasteiger partial charge in [-0.1, -0.05) is 55.8 Å². The van der Waals surface area contributed by atoms with Crippen molar-refractivity contribution in [3.8, 4) is 5.75 Å². The summed E-state index contributed by atoms with van der Waals surface area (Å²) in [6.07, 6.45) is -1.05. The average Bonchev–Trinajstić information content (AvgIpc) is 2.93. The molecule has 0 saturated heterocycles. The molecule has 0 spiro atoms. The fourth-order valence-corrected chi connectivity index (χ4v) is 7.97. The van der Waals surface area contributed by atoms with Gasteiger partial charge in [-0.15, -0.1) is 0 Å².